The van der Waals surface area contributed by atoms with E-state index < -0.39 is 0 Å². The van der Waals surface area contributed by atoms with Gasteiger partial charge in [-0.25, -0.2) is 4.98 Å². The van der Waals surface area contributed by atoms with Crippen LogP contribution in [0, 0.1) is 5.92 Å². The third-order valence-electron chi connectivity index (χ3n) is 2.81. The summed E-state index contributed by atoms with van der Waals surface area (Å²) in [5, 5.41) is 12.3. The first kappa shape index (κ1) is 13.2. The smallest absolute Gasteiger partial charge is 0.109 e. The molecule has 1 heterocycles. The van der Waals surface area contributed by atoms with E-state index in [0.29, 0.717) is 12.5 Å². The zero-order chi connectivity index (χ0) is 11.8. The van der Waals surface area contributed by atoms with Crippen molar-refractivity contribution in [3.63, 3.8) is 0 Å². The van der Waals surface area contributed by atoms with Crippen LogP contribution in [0.25, 0.3) is 0 Å². The first-order valence-electron chi connectivity index (χ1n) is 6.01. The number of nitrogens with zero attached hydrogens (tertiary/aromatic N) is 2. The number of aliphatic hydroxyl groups is 1. The van der Waals surface area contributed by atoms with E-state index in [1.807, 2.05) is 19.4 Å². The second-order valence-corrected chi connectivity index (χ2v) is 4.38. The first-order valence-corrected chi connectivity index (χ1v) is 6.01. The molecule has 1 unspecified atom stereocenters. The van der Waals surface area contributed by atoms with Crippen molar-refractivity contribution in [1.29, 1.82) is 0 Å². The van der Waals surface area contributed by atoms with E-state index in [0.717, 1.165) is 38.2 Å². The molecule has 92 valence electrons. The highest BCUT2D eigenvalue weighted by Gasteiger charge is 2.00. The third-order valence-corrected chi connectivity index (χ3v) is 2.81. The Kier molecular flexibility index (Phi) is 6.11. The molecular weight excluding hydrogens is 202 g/mol. The number of rotatable bonds is 8. The van der Waals surface area contributed by atoms with Gasteiger partial charge in [0.15, 0.2) is 0 Å². The minimum Gasteiger partial charge on any atom is -0.396 e. The van der Waals surface area contributed by atoms with E-state index in [-0.39, 0.29) is 0 Å². The maximum atomic E-state index is 8.86. The van der Waals surface area contributed by atoms with E-state index in [9.17, 15) is 0 Å². The van der Waals surface area contributed by atoms with Crippen molar-refractivity contribution in [2.45, 2.75) is 26.2 Å². The second kappa shape index (κ2) is 7.41. The largest absolute Gasteiger partial charge is 0.396 e. The van der Waals surface area contributed by atoms with E-state index in [1.165, 1.54) is 0 Å². The Morgan fingerprint density at radius 3 is 2.94 bits per heavy atom. The van der Waals surface area contributed by atoms with Crippen LogP contribution in [0.5, 0.6) is 0 Å². The fourth-order valence-electron chi connectivity index (χ4n) is 1.63. The van der Waals surface area contributed by atoms with Gasteiger partial charge in [0.05, 0.1) is 0 Å². The highest BCUT2D eigenvalue weighted by Crippen LogP contribution is 2.02. The molecule has 1 aromatic rings. The van der Waals surface area contributed by atoms with Gasteiger partial charge in [-0.2, -0.15) is 0 Å². The van der Waals surface area contributed by atoms with Crippen LogP contribution in [-0.4, -0.2) is 34.4 Å². The molecule has 0 saturated carbocycles. The zero-order valence-electron chi connectivity index (χ0n) is 10.3. The van der Waals surface area contributed by atoms with Gasteiger partial charge in [0, 0.05) is 39.0 Å². The van der Waals surface area contributed by atoms with Crippen LogP contribution in [0.15, 0.2) is 12.4 Å². The van der Waals surface area contributed by atoms with Crippen molar-refractivity contribution >= 4 is 0 Å². The number of hydrogen-bond donors (Lipinski definition) is 2. The molecule has 0 amide bonds. The van der Waals surface area contributed by atoms with Gasteiger partial charge in [0.1, 0.15) is 5.82 Å². The number of hydrogen-bond acceptors (Lipinski definition) is 3. The average Bonchev–Trinajstić information content (AvgIpc) is 2.69. The van der Waals surface area contributed by atoms with Crippen molar-refractivity contribution in [1.82, 2.24) is 14.9 Å². The number of aliphatic hydroxyl groups excluding tert-OH is 1. The Balaban J connectivity index is 1.98. The molecule has 0 bridgehead atoms. The minimum absolute atomic E-state index is 0.299. The highest BCUT2D eigenvalue weighted by atomic mass is 16.3. The Morgan fingerprint density at radius 2 is 2.31 bits per heavy atom. The third kappa shape index (κ3) is 4.77. The Bertz CT molecular complexity index is 286. The lowest BCUT2D eigenvalue weighted by Crippen LogP contribution is -2.20. The molecule has 16 heavy (non-hydrogen) atoms. The van der Waals surface area contributed by atoms with Crippen molar-refractivity contribution in [2.75, 3.05) is 19.7 Å². The Labute approximate surface area is 97.7 Å². The summed E-state index contributed by atoms with van der Waals surface area (Å²) in [5.74, 6) is 1.55. The molecule has 0 aliphatic heterocycles. The molecule has 1 atom stereocenters. The predicted molar refractivity (Wildman–Crippen MR) is 65.3 cm³/mol. The average molecular weight is 225 g/mol. The summed E-state index contributed by atoms with van der Waals surface area (Å²) >= 11 is 0. The summed E-state index contributed by atoms with van der Waals surface area (Å²) in [7, 11) is 2.02. The summed E-state index contributed by atoms with van der Waals surface area (Å²) < 4.78 is 2.05. The van der Waals surface area contributed by atoms with Crippen LogP contribution < -0.4 is 5.32 Å². The molecule has 0 aromatic carbocycles. The fourth-order valence-corrected chi connectivity index (χ4v) is 1.63. The molecule has 0 fully saturated rings. The molecule has 4 nitrogen and oxygen atoms in total. The first-order chi connectivity index (χ1) is 7.74. The molecular formula is C12H23N3O. The Hall–Kier alpha value is -0.870. The van der Waals surface area contributed by atoms with Gasteiger partial charge < -0.3 is 15.0 Å². The normalized spacial score (nSPS) is 12.9. The molecule has 1 aromatic heterocycles. The van der Waals surface area contributed by atoms with Crippen LogP contribution in [0.3, 0.4) is 0 Å². The molecule has 0 spiro atoms. The van der Waals surface area contributed by atoms with E-state index >= 15 is 0 Å². The topological polar surface area (TPSA) is 50.1 Å². The molecule has 2 N–H and O–H groups in total. The number of nitrogens with one attached hydrogen (secondary N) is 1. The lowest BCUT2D eigenvalue weighted by molar-refractivity contribution is 0.228. The van der Waals surface area contributed by atoms with Gasteiger partial charge in [0.25, 0.3) is 0 Å². The molecule has 4 heteroatoms. The van der Waals surface area contributed by atoms with Gasteiger partial charge in [-0.05, 0) is 25.3 Å². The fraction of sp³-hybridized carbons (Fsp3) is 0.750. The molecule has 0 aliphatic carbocycles. The van der Waals surface area contributed by atoms with Gasteiger partial charge in [-0.1, -0.05) is 6.92 Å². The van der Waals surface area contributed by atoms with Gasteiger partial charge in [-0.15, -0.1) is 0 Å². The summed E-state index contributed by atoms with van der Waals surface area (Å²) in [4.78, 5) is 4.26. The number of imidazole rings is 1. The summed E-state index contributed by atoms with van der Waals surface area (Å²) in [5.41, 5.74) is 0. The number of aromatic nitrogens is 2. The molecule has 1 rings (SSSR count). The van der Waals surface area contributed by atoms with E-state index in [4.69, 9.17) is 5.11 Å². The van der Waals surface area contributed by atoms with Crippen molar-refractivity contribution < 1.29 is 5.11 Å². The van der Waals surface area contributed by atoms with E-state index in [1.54, 1.807) is 0 Å². The van der Waals surface area contributed by atoms with Gasteiger partial charge in [-0.3, -0.25) is 0 Å². The van der Waals surface area contributed by atoms with Crippen molar-refractivity contribution in [3.05, 3.63) is 18.2 Å². The SMILES string of the molecule is CC(CO)CCCNCCc1nccn1C. The van der Waals surface area contributed by atoms with Crippen LogP contribution in [-0.2, 0) is 13.5 Å². The summed E-state index contributed by atoms with van der Waals surface area (Å²) in [6, 6.07) is 0. The number of aryl methyl sites for hydroxylation is 1. The molecule has 0 saturated heterocycles. The maximum absolute atomic E-state index is 8.86. The standard InChI is InChI=1S/C12H23N3O/c1-11(10-16)4-3-6-13-7-5-12-14-8-9-15(12)2/h8-9,11,13,16H,3-7,10H2,1-2H3. The van der Waals surface area contributed by atoms with Crippen molar-refractivity contribution in [2.24, 2.45) is 13.0 Å². The quantitative estimate of drug-likeness (QED) is 0.648. The van der Waals surface area contributed by atoms with Crippen LogP contribution in [0.2, 0.25) is 0 Å². The highest BCUT2D eigenvalue weighted by molar-refractivity contribution is 4.91. The van der Waals surface area contributed by atoms with Crippen LogP contribution in [0.1, 0.15) is 25.6 Å². The van der Waals surface area contributed by atoms with Gasteiger partial charge in [0.2, 0.25) is 0 Å². The molecule has 0 radical (unpaired) electrons. The van der Waals surface area contributed by atoms with Crippen LogP contribution >= 0.6 is 0 Å². The second-order valence-electron chi connectivity index (χ2n) is 4.38. The lowest BCUT2D eigenvalue weighted by atomic mass is 10.1. The van der Waals surface area contributed by atoms with Crippen LogP contribution in [0.4, 0.5) is 0 Å². The Morgan fingerprint density at radius 1 is 1.50 bits per heavy atom. The minimum atomic E-state index is 0.299. The zero-order valence-corrected chi connectivity index (χ0v) is 10.3. The lowest BCUT2D eigenvalue weighted by Gasteiger charge is -2.08. The monoisotopic (exact) mass is 225 g/mol. The maximum Gasteiger partial charge on any atom is 0.109 e. The summed E-state index contributed by atoms with van der Waals surface area (Å²) in [6.07, 6.45) is 6.99. The summed E-state index contributed by atoms with van der Waals surface area (Å²) in [6.45, 7) is 4.37. The van der Waals surface area contributed by atoms with Crippen molar-refractivity contribution in [3.8, 4) is 0 Å². The van der Waals surface area contributed by atoms with Gasteiger partial charge >= 0.3 is 0 Å². The molecule has 0 aliphatic rings. The van der Waals surface area contributed by atoms with E-state index in [2.05, 4.69) is 21.8 Å². The predicted octanol–water partition coefficient (Wildman–Crippen LogP) is 0.961.